The minimum absolute atomic E-state index is 0. The molecule has 0 atom stereocenters. The van der Waals surface area contributed by atoms with E-state index in [2.05, 4.69) is 0 Å². The van der Waals surface area contributed by atoms with Crippen molar-refractivity contribution in [1.29, 1.82) is 0 Å². The molecule has 0 spiro atoms. The Bertz CT molecular complexity index is 27.0. The Hall–Kier alpha value is 1.77. The maximum absolute atomic E-state index is 8.46. The molecule has 0 bridgehead atoms. The molecule has 0 N–H and O–H groups in total. The summed E-state index contributed by atoms with van der Waals surface area (Å²) in [5.74, 6) is 0. The zero-order valence-electron chi connectivity index (χ0n) is 2.39. The molecular weight excluding hydrogens is 98.1 g/mol. The standard InChI is InChI=1S/Al.K.2O/q-1;+1;;. The quantitative estimate of drug-likeness (QED) is 0.293. The van der Waals surface area contributed by atoms with Crippen LogP contribution in [-0.4, -0.2) is 15.1 Å². The zero-order chi connectivity index (χ0) is 2.71. The molecule has 0 unspecified atom stereocenters. The van der Waals surface area contributed by atoms with Gasteiger partial charge < -0.3 is 0 Å². The molecular formula is AlKO2. The van der Waals surface area contributed by atoms with Gasteiger partial charge in [-0.3, -0.25) is 0 Å². The van der Waals surface area contributed by atoms with E-state index in [1.165, 1.54) is 0 Å². The third-order valence-corrected chi connectivity index (χ3v) is 0. The average molecular weight is 98.1 g/mol. The van der Waals surface area contributed by atoms with Gasteiger partial charge in [0.25, 0.3) is 0 Å². The first-order valence-electron chi connectivity index (χ1n) is 0.471. The van der Waals surface area contributed by atoms with Gasteiger partial charge in [-0.1, -0.05) is 0 Å². The third kappa shape index (κ3) is 9.23. The van der Waals surface area contributed by atoms with Crippen molar-refractivity contribution >= 4 is 15.1 Å². The molecule has 16 valence electrons. The van der Waals surface area contributed by atoms with E-state index < -0.39 is 15.1 Å². The van der Waals surface area contributed by atoms with Crippen LogP contribution in [0.15, 0.2) is 0 Å². The second-order valence-electron chi connectivity index (χ2n) is 0.0962. The van der Waals surface area contributed by atoms with Gasteiger partial charge in [-0.2, -0.15) is 0 Å². The van der Waals surface area contributed by atoms with Gasteiger partial charge in [0.05, 0.1) is 0 Å². The molecule has 0 aromatic carbocycles. The predicted octanol–water partition coefficient (Wildman–Crippen LogP) is -3.61. The summed E-state index contributed by atoms with van der Waals surface area (Å²) in [7, 11) is 0. The van der Waals surface area contributed by atoms with Crippen molar-refractivity contribution in [3.05, 3.63) is 0 Å². The van der Waals surface area contributed by atoms with Gasteiger partial charge in [-0.25, -0.2) is 0 Å². The second kappa shape index (κ2) is 8.84. The van der Waals surface area contributed by atoms with E-state index in [0.29, 0.717) is 0 Å². The summed E-state index contributed by atoms with van der Waals surface area (Å²) >= 11 is -1.75. The Balaban J connectivity index is 0. The van der Waals surface area contributed by atoms with Crippen LogP contribution in [0.3, 0.4) is 0 Å². The van der Waals surface area contributed by atoms with Crippen molar-refractivity contribution in [2.75, 3.05) is 0 Å². The van der Waals surface area contributed by atoms with Crippen LogP contribution in [-0.2, 0) is 7.61 Å². The molecule has 0 aliphatic carbocycles. The summed E-state index contributed by atoms with van der Waals surface area (Å²) < 4.78 is 16.9. The van der Waals surface area contributed by atoms with Gasteiger partial charge in [0.2, 0.25) is 0 Å². The summed E-state index contributed by atoms with van der Waals surface area (Å²) in [6.07, 6.45) is 0. The first-order chi connectivity index (χ1) is 1.41. The van der Waals surface area contributed by atoms with Crippen LogP contribution in [0.2, 0.25) is 0 Å². The van der Waals surface area contributed by atoms with Crippen LogP contribution in [0, 0.1) is 0 Å². The monoisotopic (exact) mass is 97.9 g/mol. The molecule has 0 rings (SSSR count). The molecule has 0 aromatic rings. The van der Waals surface area contributed by atoms with Gasteiger partial charge in [-0.05, 0) is 0 Å². The molecule has 2 nitrogen and oxygen atoms in total. The minimum atomic E-state index is -1.75. The summed E-state index contributed by atoms with van der Waals surface area (Å²) in [5.41, 5.74) is 0. The van der Waals surface area contributed by atoms with Crippen molar-refractivity contribution in [3.63, 3.8) is 0 Å². The first-order valence-corrected chi connectivity index (χ1v) is 1.41. The number of hydrogen-bond donors (Lipinski definition) is 0. The fourth-order valence-electron chi connectivity index (χ4n) is 0. The molecule has 0 aliphatic heterocycles. The Labute approximate surface area is 72.5 Å². The Morgan fingerprint density at radius 1 is 1.25 bits per heavy atom. The zero-order valence-corrected chi connectivity index (χ0v) is 6.67. The summed E-state index contributed by atoms with van der Waals surface area (Å²) in [5, 5.41) is 0. The van der Waals surface area contributed by atoms with Gasteiger partial charge in [0.15, 0.2) is 0 Å². The van der Waals surface area contributed by atoms with Crippen molar-refractivity contribution < 1.29 is 59.0 Å². The molecule has 4 heavy (non-hydrogen) atoms. The number of rotatable bonds is 0. The van der Waals surface area contributed by atoms with E-state index in [1.807, 2.05) is 0 Å². The molecule has 0 fully saturated rings. The van der Waals surface area contributed by atoms with E-state index in [-0.39, 0.29) is 51.4 Å². The fraction of sp³-hybridized carbons (Fsp3) is 0. The summed E-state index contributed by atoms with van der Waals surface area (Å²) in [6, 6.07) is 0. The van der Waals surface area contributed by atoms with Crippen LogP contribution in [0.25, 0.3) is 0 Å². The van der Waals surface area contributed by atoms with E-state index in [9.17, 15) is 0 Å². The van der Waals surface area contributed by atoms with E-state index in [0.717, 1.165) is 0 Å². The molecule has 0 aromatic heterocycles. The molecule has 0 aliphatic rings. The van der Waals surface area contributed by atoms with Gasteiger partial charge in [0, 0.05) is 0 Å². The van der Waals surface area contributed by atoms with Crippen molar-refractivity contribution in [1.82, 2.24) is 0 Å². The molecule has 0 saturated carbocycles. The topological polar surface area (TPSA) is 34.1 Å². The van der Waals surface area contributed by atoms with Gasteiger partial charge >= 0.3 is 74.1 Å². The Morgan fingerprint density at radius 2 is 1.25 bits per heavy atom. The maximum atomic E-state index is 8.46. The molecule has 0 saturated heterocycles. The average Bonchev–Trinajstić information content (AvgIpc) is 0.918. The molecule has 4 heteroatoms. The van der Waals surface area contributed by atoms with Crippen LogP contribution >= 0.6 is 0 Å². The van der Waals surface area contributed by atoms with Crippen molar-refractivity contribution in [2.45, 2.75) is 0 Å². The van der Waals surface area contributed by atoms with Gasteiger partial charge in [-0.15, -0.1) is 0 Å². The van der Waals surface area contributed by atoms with Crippen LogP contribution in [0.5, 0.6) is 0 Å². The first kappa shape index (κ1) is 9.24. The van der Waals surface area contributed by atoms with E-state index in [1.54, 1.807) is 0 Å². The van der Waals surface area contributed by atoms with Crippen molar-refractivity contribution in [2.24, 2.45) is 0 Å². The van der Waals surface area contributed by atoms with Crippen molar-refractivity contribution in [3.8, 4) is 0 Å². The summed E-state index contributed by atoms with van der Waals surface area (Å²) in [4.78, 5) is 0. The summed E-state index contributed by atoms with van der Waals surface area (Å²) in [6.45, 7) is 0. The molecule has 0 amide bonds. The normalized spacial score (nSPS) is 2.00. The Kier molecular flexibility index (Phi) is 20.4. The van der Waals surface area contributed by atoms with Crippen LogP contribution < -0.4 is 51.4 Å². The van der Waals surface area contributed by atoms with E-state index >= 15 is 0 Å². The predicted molar refractivity (Wildman–Crippen MR) is 7.13 cm³/mol. The fourth-order valence-corrected chi connectivity index (χ4v) is 0. The Morgan fingerprint density at radius 3 is 1.25 bits per heavy atom. The number of hydrogen-bond acceptors (Lipinski definition) is 2. The molecule has 0 radical (unpaired) electrons. The second-order valence-corrected chi connectivity index (χ2v) is 0.289. The van der Waals surface area contributed by atoms with Gasteiger partial charge in [0.1, 0.15) is 0 Å². The third-order valence-electron chi connectivity index (χ3n) is 0. The van der Waals surface area contributed by atoms with E-state index in [4.69, 9.17) is 7.61 Å². The molecule has 0 heterocycles. The van der Waals surface area contributed by atoms with Crippen LogP contribution in [0.4, 0.5) is 0 Å². The SMILES string of the molecule is [K+].[O]=[Al-]=[O]. The van der Waals surface area contributed by atoms with Crippen LogP contribution in [0.1, 0.15) is 0 Å².